The maximum Gasteiger partial charge on any atom is 0.238 e. The molecule has 0 bridgehead atoms. The number of amides is 1. The third kappa shape index (κ3) is 2.69. The van der Waals surface area contributed by atoms with Gasteiger partial charge in [0.1, 0.15) is 0 Å². The minimum absolute atomic E-state index is 0.0944. The highest BCUT2D eigenvalue weighted by atomic mass is 16.1. The minimum Gasteiger partial charge on any atom is -0.325 e. The third-order valence-corrected chi connectivity index (χ3v) is 2.34. The number of benzene rings is 1. The van der Waals surface area contributed by atoms with Gasteiger partial charge in [0.05, 0.1) is 12.2 Å². The van der Waals surface area contributed by atoms with Crippen LogP contribution in [0.1, 0.15) is 5.82 Å². The van der Waals surface area contributed by atoms with E-state index >= 15 is 0 Å². The summed E-state index contributed by atoms with van der Waals surface area (Å²) in [7, 11) is 1.72. The number of likely N-dealkylation sites (N-methyl/N-ethyl adjacent to an activating group) is 1. The number of carbonyl (C=O) groups is 1. The molecule has 0 fully saturated rings. The molecule has 1 aromatic heterocycles. The van der Waals surface area contributed by atoms with E-state index in [1.165, 1.54) is 0 Å². The summed E-state index contributed by atoms with van der Waals surface area (Å²) in [6, 6.07) is 7.34. The number of aryl methyl sites for hydroxylation is 1. The van der Waals surface area contributed by atoms with Gasteiger partial charge in [-0.25, -0.2) is 0 Å². The number of anilines is 1. The first-order chi connectivity index (χ1) is 8.70. The van der Waals surface area contributed by atoms with Crippen LogP contribution in [0, 0.1) is 6.92 Å². The normalized spacial score (nSPS) is 10.3. The van der Waals surface area contributed by atoms with Gasteiger partial charge in [-0.2, -0.15) is 4.68 Å². The number of nitrogens with one attached hydrogen (secondary N) is 2. The van der Waals surface area contributed by atoms with Gasteiger partial charge in [-0.1, -0.05) is 6.07 Å². The molecule has 0 radical (unpaired) electrons. The summed E-state index contributed by atoms with van der Waals surface area (Å²) in [6.07, 6.45) is 0. The van der Waals surface area contributed by atoms with Crippen molar-refractivity contribution in [1.29, 1.82) is 0 Å². The predicted octanol–water partition coefficient (Wildman–Crippen LogP) is 0.129. The Kier molecular flexibility index (Phi) is 3.63. The number of aromatic nitrogens is 4. The SMILES string of the molecule is CNCC(=O)Nc1cccc(-n2nnnc2C)c1. The third-order valence-electron chi connectivity index (χ3n) is 2.34. The Balaban J connectivity index is 2.20. The van der Waals surface area contributed by atoms with E-state index in [1.54, 1.807) is 11.7 Å². The van der Waals surface area contributed by atoms with Crippen LogP contribution in [0.5, 0.6) is 0 Å². The average Bonchev–Trinajstić information content (AvgIpc) is 2.76. The van der Waals surface area contributed by atoms with Gasteiger partial charge in [0.15, 0.2) is 5.82 Å². The van der Waals surface area contributed by atoms with Gasteiger partial charge in [0.25, 0.3) is 0 Å². The van der Waals surface area contributed by atoms with Crippen molar-refractivity contribution in [3.63, 3.8) is 0 Å². The molecule has 0 saturated heterocycles. The minimum atomic E-state index is -0.0944. The summed E-state index contributed by atoms with van der Waals surface area (Å²) in [6.45, 7) is 2.08. The largest absolute Gasteiger partial charge is 0.325 e. The maximum absolute atomic E-state index is 11.5. The maximum atomic E-state index is 11.5. The highest BCUT2D eigenvalue weighted by Crippen LogP contribution is 2.14. The van der Waals surface area contributed by atoms with Crippen LogP contribution in [0.25, 0.3) is 5.69 Å². The molecule has 7 heteroatoms. The standard InChI is InChI=1S/C11H14N6O/c1-8-14-15-16-17(8)10-5-3-4-9(6-10)13-11(18)7-12-2/h3-6,12H,7H2,1-2H3,(H,13,18). The van der Waals surface area contributed by atoms with Crippen molar-refractivity contribution >= 4 is 11.6 Å². The van der Waals surface area contributed by atoms with Gasteiger partial charge in [0, 0.05) is 5.69 Å². The topological polar surface area (TPSA) is 84.7 Å². The van der Waals surface area contributed by atoms with E-state index in [4.69, 9.17) is 0 Å². The first-order valence-corrected chi connectivity index (χ1v) is 5.50. The Morgan fingerprint density at radius 3 is 2.94 bits per heavy atom. The molecule has 1 heterocycles. The lowest BCUT2D eigenvalue weighted by atomic mass is 10.2. The van der Waals surface area contributed by atoms with Crippen LogP contribution in [0.3, 0.4) is 0 Å². The van der Waals surface area contributed by atoms with Crippen LogP contribution in [0.4, 0.5) is 5.69 Å². The molecular formula is C11H14N6O. The molecule has 0 saturated carbocycles. The van der Waals surface area contributed by atoms with Crippen molar-refractivity contribution in [2.24, 2.45) is 0 Å². The van der Waals surface area contributed by atoms with E-state index < -0.39 is 0 Å². The van der Waals surface area contributed by atoms with Gasteiger partial charge < -0.3 is 10.6 Å². The van der Waals surface area contributed by atoms with E-state index in [9.17, 15) is 4.79 Å². The van der Waals surface area contributed by atoms with E-state index in [0.717, 1.165) is 5.69 Å². The summed E-state index contributed by atoms with van der Waals surface area (Å²) < 4.78 is 1.60. The fraction of sp³-hybridized carbons (Fsp3) is 0.273. The molecule has 2 rings (SSSR count). The predicted molar refractivity (Wildman–Crippen MR) is 66.4 cm³/mol. The lowest BCUT2D eigenvalue weighted by Crippen LogP contribution is -2.25. The van der Waals surface area contributed by atoms with Crippen molar-refractivity contribution in [2.75, 3.05) is 18.9 Å². The molecule has 0 aliphatic heterocycles. The lowest BCUT2D eigenvalue weighted by molar-refractivity contribution is -0.115. The number of carbonyl (C=O) groups excluding carboxylic acids is 1. The van der Waals surface area contributed by atoms with Crippen LogP contribution in [0.2, 0.25) is 0 Å². The van der Waals surface area contributed by atoms with Crippen LogP contribution in [-0.2, 0) is 4.79 Å². The summed E-state index contributed by atoms with van der Waals surface area (Å²) in [5.74, 6) is 0.594. The highest BCUT2D eigenvalue weighted by Gasteiger charge is 2.05. The quantitative estimate of drug-likeness (QED) is 0.801. The number of hydrogen-bond acceptors (Lipinski definition) is 5. The zero-order valence-electron chi connectivity index (χ0n) is 10.2. The second-order valence-electron chi connectivity index (χ2n) is 3.77. The smallest absolute Gasteiger partial charge is 0.238 e. The first-order valence-electron chi connectivity index (χ1n) is 5.50. The fourth-order valence-corrected chi connectivity index (χ4v) is 1.55. The second-order valence-corrected chi connectivity index (χ2v) is 3.77. The van der Waals surface area contributed by atoms with Crippen molar-refractivity contribution in [3.05, 3.63) is 30.1 Å². The molecule has 18 heavy (non-hydrogen) atoms. The number of hydrogen-bond donors (Lipinski definition) is 2. The summed E-state index contributed by atoms with van der Waals surface area (Å²) >= 11 is 0. The number of tetrazole rings is 1. The summed E-state index contributed by atoms with van der Waals surface area (Å²) in [5.41, 5.74) is 1.52. The molecule has 0 atom stereocenters. The Labute approximate surface area is 104 Å². The van der Waals surface area contributed by atoms with Crippen molar-refractivity contribution in [2.45, 2.75) is 6.92 Å². The Bertz CT molecular complexity index is 550. The molecule has 0 aliphatic rings. The Morgan fingerprint density at radius 2 is 2.28 bits per heavy atom. The van der Waals surface area contributed by atoms with Crippen LogP contribution in [0.15, 0.2) is 24.3 Å². The van der Waals surface area contributed by atoms with Crippen LogP contribution < -0.4 is 10.6 Å². The molecule has 94 valence electrons. The Hall–Kier alpha value is -2.28. The Morgan fingerprint density at radius 1 is 1.44 bits per heavy atom. The van der Waals surface area contributed by atoms with Gasteiger partial charge in [-0.15, -0.1) is 5.10 Å². The van der Waals surface area contributed by atoms with E-state index in [0.29, 0.717) is 11.5 Å². The zero-order valence-corrected chi connectivity index (χ0v) is 10.2. The van der Waals surface area contributed by atoms with Gasteiger partial charge >= 0.3 is 0 Å². The van der Waals surface area contributed by atoms with E-state index in [-0.39, 0.29) is 12.5 Å². The van der Waals surface area contributed by atoms with Crippen LogP contribution >= 0.6 is 0 Å². The summed E-state index contributed by atoms with van der Waals surface area (Å²) in [5, 5.41) is 16.8. The molecule has 0 spiro atoms. The molecule has 1 aromatic carbocycles. The highest BCUT2D eigenvalue weighted by molar-refractivity contribution is 5.92. The first kappa shape index (κ1) is 12.2. The molecule has 1 amide bonds. The van der Waals surface area contributed by atoms with Crippen molar-refractivity contribution < 1.29 is 4.79 Å². The number of nitrogens with zero attached hydrogens (tertiary/aromatic N) is 4. The average molecular weight is 246 g/mol. The molecule has 7 nitrogen and oxygen atoms in total. The van der Waals surface area contributed by atoms with Crippen molar-refractivity contribution in [1.82, 2.24) is 25.5 Å². The van der Waals surface area contributed by atoms with E-state index in [2.05, 4.69) is 26.2 Å². The second kappa shape index (κ2) is 5.37. The van der Waals surface area contributed by atoms with Crippen LogP contribution in [-0.4, -0.2) is 39.7 Å². The molecule has 2 N–H and O–H groups in total. The zero-order chi connectivity index (χ0) is 13.0. The van der Waals surface area contributed by atoms with Gasteiger partial charge in [-0.3, -0.25) is 4.79 Å². The van der Waals surface area contributed by atoms with Gasteiger partial charge in [0.2, 0.25) is 5.91 Å². The van der Waals surface area contributed by atoms with E-state index in [1.807, 2.05) is 31.2 Å². The van der Waals surface area contributed by atoms with Gasteiger partial charge in [-0.05, 0) is 42.6 Å². The summed E-state index contributed by atoms with van der Waals surface area (Å²) in [4.78, 5) is 11.5. The molecule has 0 unspecified atom stereocenters. The number of rotatable bonds is 4. The fourth-order valence-electron chi connectivity index (χ4n) is 1.55. The van der Waals surface area contributed by atoms with Crippen molar-refractivity contribution in [3.8, 4) is 5.69 Å². The monoisotopic (exact) mass is 246 g/mol. The molecular weight excluding hydrogens is 232 g/mol. The lowest BCUT2D eigenvalue weighted by Gasteiger charge is -2.07. The molecule has 2 aromatic rings. The molecule has 0 aliphatic carbocycles.